The standard InChI is InChI=1S/C4H10O3.2C4H8O3/c5-1-3-7-4-2-6;2*1-2-7-4(6)3-5/h5-6H,1-4H2;2*5H,2-3H2,1H3. The van der Waals surface area contributed by atoms with Crippen LogP contribution in [0.2, 0.25) is 0 Å². The number of hydrogen-bond acceptors (Lipinski definition) is 9. The summed E-state index contributed by atoms with van der Waals surface area (Å²) in [6.07, 6.45) is 0. The van der Waals surface area contributed by atoms with E-state index in [9.17, 15) is 9.59 Å². The topological polar surface area (TPSA) is 143 Å². The molecule has 21 heavy (non-hydrogen) atoms. The van der Waals surface area contributed by atoms with Gasteiger partial charge < -0.3 is 34.6 Å². The van der Waals surface area contributed by atoms with Gasteiger partial charge in [0.2, 0.25) is 0 Å². The van der Waals surface area contributed by atoms with Crippen molar-refractivity contribution in [3.8, 4) is 0 Å². The molecule has 0 aromatic carbocycles. The molecule has 0 radical (unpaired) electrons. The number of carbonyl (C=O) groups is 2. The number of ether oxygens (including phenoxy) is 3. The largest absolute Gasteiger partial charge is 0.464 e. The predicted octanol–water partition coefficient (Wildman–Crippen LogP) is -1.93. The number of rotatable bonds is 8. The number of hydrogen-bond donors (Lipinski definition) is 4. The lowest BCUT2D eigenvalue weighted by atomic mass is 10.7. The van der Waals surface area contributed by atoms with E-state index in [1.807, 2.05) is 0 Å². The highest BCUT2D eigenvalue weighted by molar-refractivity contribution is 5.70. The first-order valence-corrected chi connectivity index (χ1v) is 6.36. The summed E-state index contributed by atoms with van der Waals surface area (Å²) in [6, 6.07) is 0. The molecule has 9 heteroatoms. The van der Waals surface area contributed by atoms with Crippen LogP contribution >= 0.6 is 0 Å². The van der Waals surface area contributed by atoms with E-state index < -0.39 is 25.2 Å². The van der Waals surface area contributed by atoms with Crippen molar-refractivity contribution in [3.05, 3.63) is 0 Å². The van der Waals surface area contributed by atoms with Crippen LogP contribution in [-0.2, 0) is 23.8 Å². The number of esters is 2. The third-order valence-electron chi connectivity index (χ3n) is 1.34. The molecule has 4 N–H and O–H groups in total. The molecule has 0 fully saturated rings. The van der Waals surface area contributed by atoms with Crippen molar-refractivity contribution in [2.75, 3.05) is 52.9 Å². The van der Waals surface area contributed by atoms with Gasteiger partial charge in [-0.05, 0) is 13.8 Å². The maximum atomic E-state index is 9.94. The number of carbonyl (C=O) groups excluding carboxylic acids is 2. The summed E-state index contributed by atoms with van der Waals surface area (Å²) in [5, 5.41) is 32.2. The third-order valence-corrected chi connectivity index (χ3v) is 1.34. The van der Waals surface area contributed by atoms with Crippen molar-refractivity contribution in [1.29, 1.82) is 0 Å². The molecule has 0 bridgehead atoms. The van der Waals surface area contributed by atoms with E-state index in [0.717, 1.165) is 0 Å². The zero-order chi connectivity index (χ0) is 16.9. The van der Waals surface area contributed by atoms with Gasteiger partial charge in [-0.3, -0.25) is 0 Å². The Morgan fingerprint density at radius 2 is 1.10 bits per heavy atom. The SMILES string of the molecule is CCOC(=O)CO.CCOC(=O)CO.OCCOCCO. The molecular formula is C12H26O9. The van der Waals surface area contributed by atoms with Crippen LogP contribution in [0.15, 0.2) is 0 Å². The van der Waals surface area contributed by atoms with Crippen LogP contribution in [0.5, 0.6) is 0 Å². The van der Waals surface area contributed by atoms with E-state index in [-0.39, 0.29) is 13.2 Å². The van der Waals surface area contributed by atoms with Gasteiger partial charge in [-0.15, -0.1) is 0 Å². The quantitative estimate of drug-likeness (QED) is 0.297. The highest BCUT2D eigenvalue weighted by Gasteiger charge is 1.93. The van der Waals surface area contributed by atoms with Gasteiger partial charge >= 0.3 is 11.9 Å². The molecule has 0 unspecified atom stereocenters. The van der Waals surface area contributed by atoms with E-state index in [0.29, 0.717) is 26.4 Å². The lowest BCUT2D eigenvalue weighted by Gasteiger charge is -1.94. The summed E-state index contributed by atoms with van der Waals surface area (Å²) in [5.74, 6) is -1.13. The predicted molar refractivity (Wildman–Crippen MR) is 72.4 cm³/mol. The van der Waals surface area contributed by atoms with Crippen LogP contribution in [0.25, 0.3) is 0 Å². The first kappa shape index (κ1) is 24.7. The van der Waals surface area contributed by atoms with E-state index in [1.54, 1.807) is 13.8 Å². The van der Waals surface area contributed by atoms with Crippen molar-refractivity contribution in [2.24, 2.45) is 0 Å². The van der Waals surface area contributed by atoms with Crippen molar-refractivity contribution in [1.82, 2.24) is 0 Å². The molecule has 0 saturated heterocycles. The van der Waals surface area contributed by atoms with E-state index in [4.69, 9.17) is 20.4 Å². The monoisotopic (exact) mass is 314 g/mol. The molecule has 0 amide bonds. The fourth-order valence-corrected chi connectivity index (χ4v) is 0.644. The van der Waals surface area contributed by atoms with Gasteiger partial charge in [-0.25, -0.2) is 9.59 Å². The lowest BCUT2D eigenvalue weighted by Crippen LogP contribution is -2.07. The lowest BCUT2D eigenvalue weighted by molar-refractivity contribution is -0.147. The van der Waals surface area contributed by atoms with Gasteiger partial charge in [-0.2, -0.15) is 0 Å². The van der Waals surface area contributed by atoms with E-state index in [1.165, 1.54) is 0 Å². The van der Waals surface area contributed by atoms with Crippen LogP contribution in [0.3, 0.4) is 0 Å². The maximum absolute atomic E-state index is 9.94. The van der Waals surface area contributed by atoms with Crippen LogP contribution in [-0.4, -0.2) is 85.2 Å². The molecular weight excluding hydrogens is 288 g/mol. The molecule has 0 saturated carbocycles. The Morgan fingerprint density at radius 3 is 1.24 bits per heavy atom. The molecule has 0 aliphatic rings. The number of aliphatic hydroxyl groups is 4. The molecule has 0 aliphatic heterocycles. The van der Waals surface area contributed by atoms with Crippen molar-refractivity contribution < 1.29 is 44.2 Å². The van der Waals surface area contributed by atoms with Gasteiger partial charge in [0.25, 0.3) is 0 Å². The average Bonchev–Trinajstić information content (AvgIpc) is 2.49. The maximum Gasteiger partial charge on any atom is 0.331 e. The third kappa shape index (κ3) is 32.4. The van der Waals surface area contributed by atoms with Crippen LogP contribution < -0.4 is 0 Å². The second-order valence-corrected chi connectivity index (χ2v) is 2.99. The fraction of sp³-hybridized carbons (Fsp3) is 0.833. The summed E-state index contributed by atoms with van der Waals surface area (Å²) in [7, 11) is 0. The highest BCUT2D eigenvalue weighted by Crippen LogP contribution is 1.72. The van der Waals surface area contributed by atoms with Crippen LogP contribution in [0.4, 0.5) is 0 Å². The minimum Gasteiger partial charge on any atom is -0.464 e. The molecule has 9 nitrogen and oxygen atoms in total. The molecule has 0 atom stereocenters. The second-order valence-electron chi connectivity index (χ2n) is 2.99. The smallest absolute Gasteiger partial charge is 0.331 e. The summed E-state index contributed by atoms with van der Waals surface area (Å²) in [6.45, 7) is 3.70. The Bertz CT molecular complexity index is 199. The summed E-state index contributed by atoms with van der Waals surface area (Å²) in [4.78, 5) is 19.9. The molecule has 0 aromatic heterocycles. The zero-order valence-electron chi connectivity index (χ0n) is 12.5. The highest BCUT2D eigenvalue weighted by atomic mass is 16.5. The Kier molecular flexibility index (Phi) is 28.0. The van der Waals surface area contributed by atoms with Gasteiger partial charge in [0.15, 0.2) is 0 Å². The first-order chi connectivity index (χ1) is 10.0. The Hall–Kier alpha value is -1.26. The van der Waals surface area contributed by atoms with Crippen LogP contribution in [0, 0.1) is 0 Å². The molecule has 0 rings (SSSR count). The number of aliphatic hydroxyl groups excluding tert-OH is 4. The minimum absolute atomic E-state index is 0.0278. The normalized spacial score (nSPS) is 8.67. The van der Waals surface area contributed by atoms with Crippen molar-refractivity contribution in [2.45, 2.75) is 13.8 Å². The first-order valence-electron chi connectivity index (χ1n) is 6.36. The van der Waals surface area contributed by atoms with E-state index >= 15 is 0 Å². The Morgan fingerprint density at radius 1 is 0.762 bits per heavy atom. The van der Waals surface area contributed by atoms with Crippen molar-refractivity contribution in [3.63, 3.8) is 0 Å². The minimum atomic E-state index is -0.567. The van der Waals surface area contributed by atoms with Crippen molar-refractivity contribution >= 4 is 11.9 Å². The average molecular weight is 314 g/mol. The molecule has 0 aliphatic carbocycles. The molecule has 0 heterocycles. The zero-order valence-corrected chi connectivity index (χ0v) is 12.5. The van der Waals surface area contributed by atoms with Gasteiger partial charge in [-0.1, -0.05) is 0 Å². The molecule has 128 valence electrons. The molecule has 0 spiro atoms. The van der Waals surface area contributed by atoms with E-state index in [2.05, 4.69) is 14.2 Å². The summed E-state index contributed by atoms with van der Waals surface area (Å²) < 4.78 is 13.2. The van der Waals surface area contributed by atoms with Gasteiger partial charge in [0.05, 0.1) is 39.6 Å². The Labute approximate surface area is 124 Å². The fourth-order valence-electron chi connectivity index (χ4n) is 0.644. The van der Waals surface area contributed by atoms with Crippen LogP contribution in [0.1, 0.15) is 13.8 Å². The second kappa shape index (κ2) is 23.8. The summed E-state index contributed by atoms with van der Waals surface area (Å²) >= 11 is 0. The van der Waals surface area contributed by atoms with Gasteiger partial charge in [0.1, 0.15) is 13.2 Å². The van der Waals surface area contributed by atoms with Gasteiger partial charge in [0, 0.05) is 0 Å². The summed E-state index contributed by atoms with van der Waals surface area (Å²) in [5.41, 5.74) is 0. The Balaban J connectivity index is -0.000000231. The molecule has 0 aromatic rings.